The molecule has 3 heteroatoms. The van der Waals surface area contributed by atoms with E-state index in [1.54, 1.807) is 0 Å². The number of nitrogens with zero attached hydrogens (tertiary/aromatic N) is 2. The molecule has 0 aromatic carbocycles. The second-order valence-corrected chi connectivity index (χ2v) is 4.86. The van der Waals surface area contributed by atoms with Crippen molar-refractivity contribution < 1.29 is 0 Å². The van der Waals surface area contributed by atoms with Crippen LogP contribution in [0.1, 0.15) is 39.1 Å². The predicted molar refractivity (Wildman–Crippen MR) is 62.0 cm³/mol. The van der Waals surface area contributed by atoms with E-state index in [9.17, 15) is 0 Å². The number of nitrogens with one attached hydrogen (secondary N) is 1. The highest BCUT2D eigenvalue weighted by Gasteiger charge is 2.20. The Hall–Kier alpha value is -1.38. The van der Waals surface area contributed by atoms with Gasteiger partial charge in [0.05, 0.1) is 16.9 Å². The van der Waals surface area contributed by atoms with Gasteiger partial charge in [-0.3, -0.25) is 10.1 Å². The van der Waals surface area contributed by atoms with Gasteiger partial charge in [-0.25, -0.2) is 0 Å². The van der Waals surface area contributed by atoms with Gasteiger partial charge in [-0.15, -0.1) is 0 Å². The number of fused-ring (bicyclic) bond motifs is 1. The van der Waals surface area contributed by atoms with E-state index in [-0.39, 0.29) is 5.41 Å². The molecule has 0 amide bonds. The number of pyridine rings is 1. The van der Waals surface area contributed by atoms with Gasteiger partial charge >= 0.3 is 0 Å². The van der Waals surface area contributed by atoms with Crippen molar-refractivity contribution in [1.29, 1.82) is 0 Å². The Morgan fingerprint density at radius 2 is 2.07 bits per heavy atom. The van der Waals surface area contributed by atoms with Gasteiger partial charge in [0.25, 0.3) is 0 Å². The van der Waals surface area contributed by atoms with Crippen LogP contribution in [0.5, 0.6) is 0 Å². The molecular weight excluding hydrogens is 186 g/mol. The Morgan fingerprint density at radius 1 is 1.33 bits per heavy atom. The highest BCUT2D eigenvalue weighted by molar-refractivity contribution is 5.83. The molecular formula is C12H17N3. The number of aromatic amines is 1. The summed E-state index contributed by atoms with van der Waals surface area (Å²) in [6, 6.07) is 2.03. The molecule has 0 aliphatic carbocycles. The number of rotatable bonds is 1. The highest BCUT2D eigenvalue weighted by atomic mass is 15.1. The van der Waals surface area contributed by atoms with Gasteiger partial charge in [-0.1, -0.05) is 27.7 Å². The molecule has 0 saturated carbocycles. The molecule has 0 spiro atoms. The normalized spacial score (nSPS) is 12.3. The Kier molecular flexibility index (Phi) is 2.25. The van der Waals surface area contributed by atoms with Gasteiger partial charge < -0.3 is 0 Å². The summed E-state index contributed by atoms with van der Waals surface area (Å²) in [6.07, 6.45) is 2.82. The lowest BCUT2D eigenvalue weighted by atomic mass is 9.90. The lowest BCUT2D eigenvalue weighted by molar-refractivity contribution is 0.574. The van der Waals surface area contributed by atoms with Gasteiger partial charge in [0.1, 0.15) is 0 Å². The topological polar surface area (TPSA) is 41.6 Å². The number of H-pyrrole nitrogens is 1. The molecule has 0 aliphatic rings. The average molecular weight is 203 g/mol. The van der Waals surface area contributed by atoms with Crippen molar-refractivity contribution in [2.45, 2.75) is 39.5 Å². The van der Waals surface area contributed by atoms with Crippen molar-refractivity contribution in [1.82, 2.24) is 15.2 Å². The average Bonchev–Trinajstić information content (AvgIpc) is 2.58. The standard InChI is InChI=1S/C12H17N3/c1-5-9-8-6-7-13-11(12(2,3)4)10(8)15-14-9/h6-7H,5H2,1-4H3,(H,14,15). The number of hydrogen-bond donors (Lipinski definition) is 1. The molecule has 0 fully saturated rings. The molecule has 0 aliphatic heterocycles. The SMILES string of the molecule is CCc1n[nH]c2c(C(C)(C)C)nccc12. The molecule has 1 N–H and O–H groups in total. The Labute approximate surface area is 89.9 Å². The van der Waals surface area contributed by atoms with Crippen LogP contribution in [0.15, 0.2) is 12.3 Å². The largest absolute Gasteiger partial charge is 0.276 e. The zero-order valence-corrected chi connectivity index (χ0v) is 9.76. The van der Waals surface area contributed by atoms with E-state index in [1.165, 1.54) is 5.39 Å². The van der Waals surface area contributed by atoms with Crippen molar-refractivity contribution in [2.24, 2.45) is 0 Å². The fraction of sp³-hybridized carbons (Fsp3) is 0.500. The maximum absolute atomic E-state index is 4.45. The van der Waals surface area contributed by atoms with Gasteiger partial charge in [-0.2, -0.15) is 5.10 Å². The third-order valence-corrected chi connectivity index (χ3v) is 2.61. The molecule has 15 heavy (non-hydrogen) atoms. The minimum absolute atomic E-state index is 0.0526. The molecule has 0 atom stereocenters. The summed E-state index contributed by atoms with van der Waals surface area (Å²) in [7, 11) is 0. The number of aromatic nitrogens is 3. The zero-order chi connectivity index (χ0) is 11.1. The maximum atomic E-state index is 4.45. The second kappa shape index (κ2) is 3.33. The first-order valence-electron chi connectivity index (χ1n) is 5.36. The monoisotopic (exact) mass is 203 g/mol. The molecule has 0 unspecified atom stereocenters. The van der Waals surface area contributed by atoms with Crippen molar-refractivity contribution in [2.75, 3.05) is 0 Å². The van der Waals surface area contributed by atoms with Gasteiger partial charge in [0, 0.05) is 17.0 Å². The van der Waals surface area contributed by atoms with Crippen LogP contribution in [0.4, 0.5) is 0 Å². The van der Waals surface area contributed by atoms with Gasteiger partial charge in [0.2, 0.25) is 0 Å². The molecule has 2 aromatic heterocycles. The Morgan fingerprint density at radius 3 is 2.67 bits per heavy atom. The predicted octanol–water partition coefficient (Wildman–Crippen LogP) is 2.82. The lowest BCUT2D eigenvalue weighted by Gasteiger charge is -2.17. The Bertz CT molecular complexity index is 477. The van der Waals surface area contributed by atoms with Crippen LogP contribution in [0.25, 0.3) is 10.9 Å². The summed E-state index contributed by atoms with van der Waals surface area (Å²) in [5.74, 6) is 0. The summed E-state index contributed by atoms with van der Waals surface area (Å²) >= 11 is 0. The highest BCUT2D eigenvalue weighted by Crippen LogP contribution is 2.27. The molecule has 2 rings (SSSR count). The van der Waals surface area contributed by atoms with Crippen molar-refractivity contribution >= 4 is 10.9 Å². The first-order chi connectivity index (χ1) is 7.04. The van der Waals surface area contributed by atoms with Crippen LogP contribution in [0, 0.1) is 0 Å². The fourth-order valence-electron chi connectivity index (χ4n) is 1.84. The van der Waals surface area contributed by atoms with E-state index < -0.39 is 0 Å². The van der Waals surface area contributed by atoms with E-state index in [2.05, 4.69) is 42.9 Å². The summed E-state index contributed by atoms with van der Waals surface area (Å²) < 4.78 is 0. The van der Waals surface area contributed by atoms with Crippen LogP contribution in [0.2, 0.25) is 0 Å². The smallest absolute Gasteiger partial charge is 0.0874 e. The summed E-state index contributed by atoms with van der Waals surface area (Å²) in [6.45, 7) is 8.62. The molecule has 0 saturated heterocycles. The number of hydrogen-bond acceptors (Lipinski definition) is 2. The van der Waals surface area contributed by atoms with E-state index in [4.69, 9.17) is 0 Å². The van der Waals surface area contributed by atoms with Crippen molar-refractivity contribution in [3.05, 3.63) is 23.7 Å². The van der Waals surface area contributed by atoms with E-state index in [1.807, 2.05) is 12.3 Å². The minimum atomic E-state index is 0.0526. The molecule has 2 aromatic rings. The molecule has 2 heterocycles. The van der Waals surface area contributed by atoms with Crippen LogP contribution < -0.4 is 0 Å². The molecule has 0 radical (unpaired) electrons. The van der Waals surface area contributed by atoms with E-state index in [0.29, 0.717) is 0 Å². The van der Waals surface area contributed by atoms with Gasteiger partial charge in [0.15, 0.2) is 0 Å². The summed E-state index contributed by atoms with van der Waals surface area (Å²) in [5.41, 5.74) is 3.35. The maximum Gasteiger partial charge on any atom is 0.0874 e. The zero-order valence-electron chi connectivity index (χ0n) is 9.76. The van der Waals surface area contributed by atoms with E-state index >= 15 is 0 Å². The first-order valence-corrected chi connectivity index (χ1v) is 5.36. The second-order valence-electron chi connectivity index (χ2n) is 4.86. The molecule has 80 valence electrons. The van der Waals surface area contributed by atoms with Crippen LogP contribution >= 0.6 is 0 Å². The van der Waals surface area contributed by atoms with Crippen LogP contribution in [-0.2, 0) is 11.8 Å². The van der Waals surface area contributed by atoms with Crippen LogP contribution in [0.3, 0.4) is 0 Å². The third kappa shape index (κ3) is 1.62. The van der Waals surface area contributed by atoms with Crippen molar-refractivity contribution in [3.8, 4) is 0 Å². The quantitative estimate of drug-likeness (QED) is 0.774. The first kappa shape index (κ1) is 10.1. The summed E-state index contributed by atoms with van der Waals surface area (Å²) in [5, 5.41) is 8.63. The summed E-state index contributed by atoms with van der Waals surface area (Å²) in [4.78, 5) is 4.45. The van der Waals surface area contributed by atoms with Crippen molar-refractivity contribution in [3.63, 3.8) is 0 Å². The minimum Gasteiger partial charge on any atom is -0.276 e. The Balaban J connectivity index is 2.73. The van der Waals surface area contributed by atoms with Gasteiger partial charge in [-0.05, 0) is 12.5 Å². The molecule has 3 nitrogen and oxygen atoms in total. The third-order valence-electron chi connectivity index (χ3n) is 2.61. The lowest BCUT2D eigenvalue weighted by Crippen LogP contribution is -2.13. The molecule has 0 bridgehead atoms. The number of aryl methyl sites for hydroxylation is 1. The van der Waals surface area contributed by atoms with E-state index in [0.717, 1.165) is 23.3 Å². The van der Waals surface area contributed by atoms with Crippen LogP contribution in [-0.4, -0.2) is 15.2 Å². The fourth-order valence-corrected chi connectivity index (χ4v) is 1.84.